The van der Waals surface area contributed by atoms with Gasteiger partial charge in [-0.3, -0.25) is 33.6 Å². The molecule has 60 heavy (non-hydrogen) atoms. The molecule has 6 N–H and O–H groups in total. The lowest BCUT2D eigenvalue weighted by atomic mass is 9.86. The minimum Gasteiger partial charge on any atom is -0.368 e. The van der Waals surface area contributed by atoms with E-state index in [1.165, 1.54) is 4.90 Å². The maximum Gasteiger partial charge on any atom is 0.246 e. The summed E-state index contributed by atoms with van der Waals surface area (Å²) in [4.78, 5) is 97.0. The highest BCUT2D eigenvalue weighted by Crippen LogP contribution is 2.29. The first-order valence-corrected chi connectivity index (χ1v) is 21.4. The van der Waals surface area contributed by atoms with E-state index >= 15 is 0 Å². The fourth-order valence-electron chi connectivity index (χ4n) is 7.95. The van der Waals surface area contributed by atoms with Crippen molar-refractivity contribution in [2.45, 2.75) is 156 Å². The summed E-state index contributed by atoms with van der Waals surface area (Å²) in [5.41, 5.74) is 8.97. The molecule has 0 radical (unpaired) electrons. The summed E-state index contributed by atoms with van der Waals surface area (Å²) in [6, 6.07) is 10.9. The van der Waals surface area contributed by atoms with Crippen LogP contribution in [0.15, 0.2) is 48.5 Å². The number of amides is 7. The van der Waals surface area contributed by atoms with Crippen molar-refractivity contribution >= 4 is 41.4 Å². The molecule has 0 saturated heterocycles. The van der Waals surface area contributed by atoms with E-state index in [9.17, 15) is 33.6 Å². The summed E-state index contributed by atoms with van der Waals surface area (Å²) in [5, 5.41) is 11.5. The molecule has 14 nitrogen and oxygen atoms in total. The minimum atomic E-state index is -1.03. The first kappa shape index (κ1) is 47.4. The quantitative estimate of drug-likeness (QED) is 0.149. The molecule has 14 heteroatoms. The van der Waals surface area contributed by atoms with Crippen molar-refractivity contribution in [2.75, 3.05) is 6.54 Å². The summed E-state index contributed by atoms with van der Waals surface area (Å²) < 4.78 is 0. The van der Waals surface area contributed by atoms with Gasteiger partial charge in [-0.05, 0) is 65.2 Å². The third-order valence-electron chi connectivity index (χ3n) is 11.1. The molecule has 0 spiro atoms. The van der Waals surface area contributed by atoms with Gasteiger partial charge in [-0.15, -0.1) is 0 Å². The van der Waals surface area contributed by atoms with Crippen LogP contribution in [0.5, 0.6) is 0 Å². The van der Waals surface area contributed by atoms with Gasteiger partial charge < -0.3 is 36.8 Å². The van der Waals surface area contributed by atoms with Crippen molar-refractivity contribution < 1.29 is 33.6 Å². The van der Waals surface area contributed by atoms with Crippen LogP contribution >= 0.6 is 0 Å². The van der Waals surface area contributed by atoms with Crippen molar-refractivity contribution in [3.05, 3.63) is 70.8 Å². The van der Waals surface area contributed by atoms with E-state index in [0.717, 1.165) is 22.3 Å². The molecule has 0 aliphatic carbocycles. The zero-order valence-corrected chi connectivity index (χ0v) is 36.8. The van der Waals surface area contributed by atoms with Gasteiger partial charge in [0, 0.05) is 45.3 Å². The summed E-state index contributed by atoms with van der Waals surface area (Å²) in [6.45, 7) is 16.0. The topological polar surface area (TPSA) is 200 Å². The van der Waals surface area contributed by atoms with E-state index in [0.29, 0.717) is 32.1 Å². The Morgan fingerprint density at radius 3 is 1.43 bits per heavy atom. The molecule has 0 saturated carbocycles. The largest absolute Gasteiger partial charge is 0.368 e. The lowest BCUT2D eigenvalue weighted by Crippen LogP contribution is -2.60. The summed E-state index contributed by atoms with van der Waals surface area (Å²) >= 11 is 0. The normalized spacial score (nSPS) is 17.9. The van der Waals surface area contributed by atoms with Crippen molar-refractivity contribution in [2.24, 2.45) is 16.6 Å². The second kappa shape index (κ2) is 20.8. The molecule has 0 bridgehead atoms. The van der Waals surface area contributed by atoms with Crippen LogP contribution in [0, 0.1) is 10.8 Å². The van der Waals surface area contributed by atoms with Gasteiger partial charge >= 0.3 is 0 Å². The van der Waals surface area contributed by atoms with Gasteiger partial charge in [0.1, 0.15) is 30.2 Å². The van der Waals surface area contributed by atoms with E-state index in [1.54, 1.807) is 18.7 Å². The molecular formula is C46H67N7O7. The van der Waals surface area contributed by atoms with E-state index in [-0.39, 0.29) is 85.7 Å². The number of unbranched alkanes of at least 4 members (excludes halogenated alkanes) is 1. The van der Waals surface area contributed by atoms with E-state index in [4.69, 9.17) is 5.73 Å². The molecule has 2 aromatic rings. The molecule has 0 aromatic heterocycles. The van der Waals surface area contributed by atoms with Gasteiger partial charge in [0.25, 0.3) is 0 Å². The number of nitrogens with one attached hydrogen (secondary N) is 4. The first-order chi connectivity index (χ1) is 28.2. The van der Waals surface area contributed by atoms with Crippen LogP contribution in [0.1, 0.15) is 123 Å². The molecule has 2 aliphatic rings. The van der Waals surface area contributed by atoms with Gasteiger partial charge in [-0.1, -0.05) is 104 Å². The standard InChI is InChI=1S/C46H67N7O7/c1-9-38(54)49-34(25-45(3,4)5)43(59)52-27-31-19-13-11-17-29(31)23-36(52)41(57)48-22-16-15-21-33(40(47)56)51-42(58)37-24-30-18-12-14-20-32(30)28-53(37)44(60)35(26-46(6,7)8)50-39(55)10-2/h11-14,17-20,33-37H,9-10,15-16,21-28H2,1-8H3,(H2,47,56)(H,48,57)(H,49,54)(H,50,55)(H,51,58)/t33-,34-,35-,36-,37-/m0/s1. The number of nitrogens with two attached hydrogens (primary N) is 1. The number of carbonyl (C=O) groups excluding carboxylic acids is 7. The first-order valence-electron chi connectivity index (χ1n) is 21.4. The number of benzene rings is 2. The lowest BCUT2D eigenvalue weighted by Gasteiger charge is -2.39. The Hall–Kier alpha value is -5.27. The summed E-state index contributed by atoms with van der Waals surface area (Å²) in [5.74, 6) is -2.75. The van der Waals surface area contributed by atoms with Gasteiger partial charge in [0.2, 0.25) is 41.4 Å². The number of rotatable bonds is 17. The van der Waals surface area contributed by atoms with E-state index in [2.05, 4.69) is 21.3 Å². The zero-order valence-electron chi connectivity index (χ0n) is 36.8. The summed E-state index contributed by atoms with van der Waals surface area (Å²) in [6.07, 6.45) is 2.81. The van der Waals surface area contributed by atoms with Crippen LogP contribution < -0.4 is 27.0 Å². The predicted octanol–water partition coefficient (Wildman–Crippen LogP) is 3.81. The minimum absolute atomic E-state index is 0.164. The van der Waals surface area contributed by atoms with Crippen LogP contribution in [-0.2, 0) is 59.5 Å². The van der Waals surface area contributed by atoms with Crippen LogP contribution in [-0.4, -0.2) is 87.9 Å². The Kier molecular flexibility index (Phi) is 16.4. The number of fused-ring (bicyclic) bond motifs is 2. The fraction of sp³-hybridized carbons (Fsp3) is 0.587. The molecule has 328 valence electrons. The average Bonchev–Trinajstić information content (AvgIpc) is 3.19. The second-order valence-electron chi connectivity index (χ2n) is 18.6. The fourth-order valence-corrected chi connectivity index (χ4v) is 7.95. The average molecular weight is 830 g/mol. The monoisotopic (exact) mass is 830 g/mol. The smallest absolute Gasteiger partial charge is 0.246 e. The highest BCUT2D eigenvalue weighted by molar-refractivity contribution is 5.95. The van der Waals surface area contributed by atoms with Gasteiger partial charge in [0.05, 0.1) is 0 Å². The van der Waals surface area contributed by atoms with Crippen LogP contribution in [0.2, 0.25) is 0 Å². The predicted molar refractivity (Wildman–Crippen MR) is 230 cm³/mol. The number of hydrogen-bond donors (Lipinski definition) is 5. The van der Waals surface area contributed by atoms with E-state index in [1.807, 2.05) is 90.1 Å². The maximum absolute atomic E-state index is 14.2. The van der Waals surface area contributed by atoms with Gasteiger partial charge in [-0.25, -0.2) is 0 Å². The SMILES string of the molecule is CCC(=O)N[C@@H](CC(C)(C)C)C(=O)N1Cc2ccccc2C[C@H]1C(=O)NCCCC[C@H](NC(=O)[C@@H]1Cc2ccccc2CN1C(=O)[C@H](CC(C)(C)C)NC(=O)CC)C(N)=O. The molecule has 4 rings (SSSR count). The third-order valence-corrected chi connectivity index (χ3v) is 11.1. The van der Waals surface area contributed by atoms with Crippen LogP contribution in [0.25, 0.3) is 0 Å². The highest BCUT2D eigenvalue weighted by Gasteiger charge is 2.41. The molecule has 2 heterocycles. The number of carbonyl (C=O) groups is 7. The Morgan fingerprint density at radius 2 is 1.03 bits per heavy atom. The number of nitrogens with zero attached hydrogens (tertiary/aromatic N) is 2. The van der Waals surface area contributed by atoms with Crippen molar-refractivity contribution in [3.8, 4) is 0 Å². The van der Waals surface area contributed by atoms with Crippen molar-refractivity contribution in [3.63, 3.8) is 0 Å². The molecule has 5 atom stereocenters. The van der Waals surface area contributed by atoms with Crippen LogP contribution in [0.4, 0.5) is 0 Å². The molecule has 0 unspecified atom stereocenters. The van der Waals surface area contributed by atoms with Crippen molar-refractivity contribution in [1.82, 2.24) is 31.1 Å². The van der Waals surface area contributed by atoms with Crippen molar-refractivity contribution in [1.29, 1.82) is 0 Å². The zero-order chi connectivity index (χ0) is 44.4. The Labute approximate surface area is 355 Å². The van der Waals surface area contributed by atoms with Gasteiger partial charge in [0.15, 0.2) is 0 Å². The molecule has 2 aromatic carbocycles. The lowest BCUT2D eigenvalue weighted by molar-refractivity contribution is -0.145. The Morgan fingerprint density at radius 1 is 0.617 bits per heavy atom. The van der Waals surface area contributed by atoms with Crippen LogP contribution in [0.3, 0.4) is 0 Å². The van der Waals surface area contributed by atoms with E-state index < -0.39 is 42.0 Å². The Bertz CT molecular complexity index is 1880. The Balaban J connectivity index is 1.42. The maximum atomic E-state index is 14.2. The third kappa shape index (κ3) is 13.4. The number of primary amides is 1. The summed E-state index contributed by atoms with van der Waals surface area (Å²) in [7, 11) is 0. The molecule has 0 fully saturated rings. The highest BCUT2D eigenvalue weighted by atomic mass is 16.2. The number of hydrogen-bond acceptors (Lipinski definition) is 7. The van der Waals surface area contributed by atoms with Gasteiger partial charge in [-0.2, -0.15) is 0 Å². The molecular weight excluding hydrogens is 763 g/mol. The molecule has 7 amide bonds. The second-order valence-corrected chi connectivity index (χ2v) is 18.6. The molecule has 2 aliphatic heterocycles.